The van der Waals surface area contributed by atoms with Crippen molar-refractivity contribution in [3.63, 3.8) is 0 Å². The fourth-order valence-corrected chi connectivity index (χ4v) is 1.15. The van der Waals surface area contributed by atoms with E-state index in [1.165, 1.54) is 6.07 Å². The first-order valence-corrected chi connectivity index (χ1v) is 3.80. The van der Waals surface area contributed by atoms with Crippen LogP contribution in [0.5, 0.6) is 0 Å². The molecule has 13 heavy (non-hydrogen) atoms. The zero-order valence-electron chi connectivity index (χ0n) is 6.78. The number of nitrogens with two attached hydrogens (primary N) is 1. The summed E-state index contributed by atoms with van der Waals surface area (Å²) >= 11 is 0. The Labute approximate surface area is 73.9 Å². The summed E-state index contributed by atoms with van der Waals surface area (Å²) in [6, 6.07) is 8.41. The Morgan fingerprint density at radius 1 is 1.23 bits per heavy atom. The summed E-state index contributed by atoms with van der Waals surface area (Å²) in [7, 11) is 0. The third-order valence-corrected chi connectivity index (χ3v) is 1.79. The van der Waals surface area contributed by atoms with E-state index in [1.54, 1.807) is 12.1 Å². The Hall–Kier alpha value is -1.81. The second kappa shape index (κ2) is 2.91. The summed E-state index contributed by atoms with van der Waals surface area (Å²) in [5.41, 5.74) is 3.36. The smallest absolute Gasteiger partial charge is 0.336 e. The van der Waals surface area contributed by atoms with Crippen molar-refractivity contribution < 1.29 is 4.42 Å². The van der Waals surface area contributed by atoms with E-state index in [0.717, 1.165) is 5.39 Å². The minimum Gasteiger partial charge on any atom is -0.423 e. The molecule has 4 nitrogen and oxygen atoms in total. The molecule has 66 valence electrons. The zero-order valence-corrected chi connectivity index (χ0v) is 6.78. The second-order valence-electron chi connectivity index (χ2n) is 2.65. The molecule has 4 heteroatoms. The number of anilines is 1. The van der Waals surface area contributed by atoms with Crippen molar-refractivity contribution in [2.24, 2.45) is 5.84 Å². The maximum Gasteiger partial charge on any atom is 0.336 e. The molecule has 2 aromatic rings. The predicted molar refractivity (Wildman–Crippen MR) is 50.3 cm³/mol. The van der Waals surface area contributed by atoms with E-state index >= 15 is 0 Å². The molecule has 1 aromatic carbocycles. The van der Waals surface area contributed by atoms with E-state index in [2.05, 4.69) is 5.43 Å². The molecule has 0 fully saturated rings. The van der Waals surface area contributed by atoms with Gasteiger partial charge in [0.05, 0.1) is 5.69 Å². The van der Waals surface area contributed by atoms with Gasteiger partial charge in [0, 0.05) is 17.5 Å². The van der Waals surface area contributed by atoms with Crippen molar-refractivity contribution in [1.82, 2.24) is 0 Å². The summed E-state index contributed by atoms with van der Waals surface area (Å²) in [5.74, 6) is 5.21. The van der Waals surface area contributed by atoms with Gasteiger partial charge in [-0.3, -0.25) is 5.84 Å². The molecule has 0 saturated carbocycles. The van der Waals surface area contributed by atoms with Gasteiger partial charge in [0.15, 0.2) is 0 Å². The standard InChI is InChI=1S/C9H8N2O2/c10-11-7-3-1-6-2-4-9(12)13-8(6)5-7/h1-5,11H,10H2. The second-order valence-corrected chi connectivity index (χ2v) is 2.65. The molecule has 0 saturated heterocycles. The number of nitrogens with one attached hydrogen (secondary N) is 1. The van der Waals surface area contributed by atoms with Gasteiger partial charge in [-0.05, 0) is 18.2 Å². The molecule has 0 amide bonds. The molecule has 0 spiro atoms. The summed E-state index contributed by atoms with van der Waals surface area (Å²) < 4.78 is 4.95. The number of benzene rings is 1. The molecule has 2 rings (SSSR count). The van der Waals surface area contributed by atoms with E-state index in [4.69, 9.17) is 10.3 Å². The highest BCUT2D eigenvalue weighted by molar-refractivity contribution is 5.79. The van der Waals surface area contributed by atoms with Crippen LogP contribution in [0.3, 0.4) is 0 Å². The van der Waals surface area contributed by atoms with Gasteiger partial charge in [-0.25, -0.2) is 4.79 Å². The predicted octanol–water partition coefficient (Wildman–Crippen LogP) is 1.08. The van der Waals surface area contributed by atoms with E-state index in [-0.39, 0.29) is 5.63 Å². The number of nitrogen functional groups attached to an aromatic ring is 1. The van der Waals surface area contributed by atoms with Crippen molar-refractivity contribution in [2.45, 2.75) is 0 Å². The third kappa shape index (κ3) is 1.39. The molecule has 1 aromatic heterocycles. The number of rotatable bonds is 1. The first-order valence-electron chi connectivity index (χ1n) is 3.80. The monoisotopic (exact) mass is 176 g/mol. The van der Waals surface area contributed by atoms with Crippen molar-refractivity contribution in [3.8, 4) is 0 Å². The van der Waals surface area contributed by atoms with Crippen LogP contribution >= 0.6 is 0 Å². The highest BCUT2D eigenvalue weighted by atomic mass is 16.4. The molecular formula is C9H8N2O2. The molecule has 0 aliphatic carbocycles. The van der Waals surface area contributed by atoms with Gasteiger partial charge in [0.2, 0.25) is 0 Å². The van der Waals surface area contributed by atoms with Gasteiger partial charge in [-0.2, -0.15) is 0 Å². The van der Waals surface area contributed by atoms with E-state index < -0.39 is 0 Å². The zero-order chi connectivity index (χ0) is 9.26. The Balaban J connectivity index is 2.75. The number of hydrogen-bond acceptors (Lipinski definition) is 4. The molecule has 0 atom stereocenters. The Kier molecular flexibility index (Phi) is 1.75. The van der Waals surface area contributed by atoms with E-state index in [9.17, 15) is 4.79 Å². The molecule has 0 radical (unpaired) electrons. The van der Waals surface area contributed by atoms with Crippen LogP contribution in [0.25, 0.3) is 11.0 Å². The Morgan fingerprint density at radius 2 is 2.00 bits per heavy atom. The van der Waals surface area contributed by atoms with Gasteiger partial charge in [0.1, 0.15) is 5.58 Å². The van der Waals surface area contributed by atoms with Crippen LogP contribution < -0.4 is 16.9 Å². The van der Waals surface area contributed by atoms with E-state index in [1.807, 2.05) is 12.1 Å². The van der Waals surface area contributed by atoms with Crippen LogP contribution in [0.4, 0.5) is 5.69 Å². The number of hydrogen-bond donors (Lipinski definition) is 2. The van der Waals surface area contributed by atoms with Crippen molar-refractivity contribution in [3.05, 3.63) is 40.8 Å². The van der Waals surface area contributed by atoms with Gasteiger partial charge in [0.25, 0.3) is 0 Å². The normalized spacial score (nSPS) is 10.2. The quantitative estimate of drug-likeness (QED) is 0.387. The van der Waals surface area contributed by atoms with Crippen LogP contribution in [0.1, 0.15) is 0 Å². The van der Waals surface area contributed by atoms with Gasteiger partial charge in [-0.15, -0.1) is 0 Å². The van der Waals surface area contributed by atoms with Crippen molar-refractivity contribution >= 4 is 16.7 Å². The number of fused-ring (bicyclic) bond motifs is 1. The first-order chi connectivity index (χ1) is 6.29. The maximum absolute atomic E-state index is 10.9. The van der Waals surface area contributed by atoms with Gasteiger partial charge < -0.3 is 9.84 Å². The topological polar surface area (TPSA) is 68.3 Å². The lowest BCUT2D eigenvalue weighted by molar-refractivity contribution is 0.561. The van der Waals surface area contributed by atoms with Crippen LogP contribution in [0.15, 0.2) is 39.5 Å². The minimum absolute atomic E-state index is 0.360. The highest BCUT2D eigenvalue weighted by Gasteiger charge is 1.97. The lowest BCUT2D eigenvalue weighted by Crippen LogP contribution is -2.06. The molecule has 0 aliphatic heterocycles. The summed E-state index contributed by atoms with van der Waals surface area (Å²) in [6.45, 7) is 0. The van der Waals surface area contributed by atoms with Crippen LogP contribution in [0, 0.1) is 0 Å². The summed E-state index contributed by atoms with van der Waals surface area (Å²) in [5, 5.41) is 0.874. The maximum atomic E-state index is 10.9. The van der Waals surface area contributed by atoms with Crippen LogP contribution in [-0.2, 0) is 0 Å². The molecule has 0 bridgehead atoms. The molecule has 3 N–H and O–H groups in total. The Bertz CT molecular complexity index is 490. The molecule has 1 heterocycles. The van der Waals surface area contributed by atoms with Crippen LogP contribution in [-0.4, -0.2) is 0 Å². The largest absolute Gasteiger partial charge is 0.423 e. The highest BCUT2D eigenvalue weighted by Crippen LogP contribution is 2.16. The fraction of sp³-hybridized carbons (Fsp3) is 0. The van der Waals surface area contributed by atoms with Crippen molar-refractivity contribution in [1.29, 1.82) is 0 Å². The lowest BCUT2D eigenvalue weighted by Gasteiger charge is -2.00. The lowest BCUT2D eigenvalue weighted by atomic mass is 10.2. The summed E-state index contributed by atoms with van der Waals surface area (Å²) in [6.07, 6.45) is 0. The molecule has 0 aliphatic rings. The molecule has 0 unspecified atom stereocenters. The third-order valence-electron chi connectivity index (χ3n) is 1.79. The average Bonchev–Trinajstić information content (AvgIpc) is 2.16. The fourth-order valence-electron chi connectivity index (χ4n) is 1.15. The first kappa shape index (κ1) is 7.82. The van der Waals surface area contributed by atoms with Crippen LogP contribution in [0.2, 0.25) is 0 Å². The van der Waals surface area contributed by atoms with E-state index in [0.29, 0.717) is 11.3 Å². The molecular weight excluding hydrogens is 168 g/mol. The minimum atomic E-state index is -0.360. The SMILES string of the molecule is NNc1ccc2ccc(=O)oc2c1. The van der Waals surface area contributed by atoms with Gasteiger partial charge >= 0.3 is 5.63 Å². The number of hydrazine groups is 1. The van der Waals surface area contributed by atoms with Crippen molar-refractivity contribution in [2.75, 3.05) is 5.43 Å². The Morgan fingerprint density at radius 3 is 2.77 bits per heavy atom. The van der Waals surface area contributed by atoms with Gasteiger partial charge in [-0.1, -0.05) is 0 Å². The average molecular weight is 176 g/mol. The summed E-state index contributed by atoms with van der Waals surface area (Å²) in [4.78, 5) is 10.9.